The van der Waals surface area contributed by atoms with Crippen LogP contribution in [-0.2, 0) is 51.4 Å². The Labute approximate surface area is 239 Å². The highest BCUT2D eigenvalue weighted by Gasteiger charge is 2.30. The van der Waals surface area contributed by atoms with E-state index in [1.807, 2.05) is 36.4 Å². The van der Waals surface area contributed by atoms with Crippen molar-refractivity contribution in [3.8, 4) is 0 Å². The molecule has 5 N–H and O–H groups in total. The molecule has 12 nitrogen and oxygen atoms in total. The first-order chi connectivity index (χ1) is 19.6. The third-order valence-corrected chi connectivity index (χ3v) is 5.74. The van der Waals surface area contributed by atoms with Crippen LogP contribution in [0.1, 0.15) is 38.3 Å². The number of hydrogen-bond donors (Lipinski definition) is 4. The van der Waals surface area contributed by atoms with Crippen LogP contribution in [0.25, 0.3) is 0 Å². The summed E-state index contributed by atoms with van der Waals surface area (Å²) in [6.07, 6.45) is -0.520. The Balaban J connectivity index is 1.95. The number of carbonyl (C=O) groups is 5. The third kappa shape index (κ3) is 12.2. The Morgan fingerprint density at radius 3 is 1.88 bits per heavy atom. The van der Waals surface area contributed by atoms with E-state index in [4.69, 9.17) is 19.9 Å². The molecule has 0 saturated heterocycles. The van der Waals surface area contributed by atoms with Crippen molar-refractivity contribution in [2.24, 2.45) is 5.73 Å². The molecule has 0 saturated carbocycles. The van der Waals surface area contributed by atoms with Crippen LogP contribution in [0, 0.1) is 0 Å². The number of carbonyl (C=O) groups excluding carboxylic acids is 5. The summed E-state index contributed by atoms with van der Waals surface area (Å²) in [4.78, 5) is 62.8. The first kappa shape index (κ1) is 32.9. The molecule has 3 amide bonds. The topological polar surface area (TPSA) is 175 Å². The van der Waals surface area contributed by atoms with Crippen molar-refractivity contribution in [2.75, 3.05) is 13.2 Å². The summed E-state index contributed by atoms with van der Waals surface area (Å²) in [6, 6.07) is 13.7. The maximum absolute atomic E-state index is 12.9. The fourth-order valence-corrected chi connectivity index (χ4v) is 3.45. The van der Waals surface area contributed by atoms with Crippen LogP contribution in [0.5, 0.6) is 0 Å². The summed E-state index contributed by atoms with van der Waals surface area (Å²) in [5, 5.41) is 7.33. The molecule has 12 heteroatoms. The Bertz CT molecular complexity index is 1150. The van der Waals surface area contributed by atoms with Gasteiger partial charge in [0.2, 0.25) is 17.7 Å². The van der Waals surface area contributed by atoms with Crippen LogP contribution in [0.4, 0.5) is 0 Å². The lowest BCUT2D eigenvalue weighted by Gasteiger charge is -2.23. The number of benzene rings is 2. The summed E-state index contributed by atoms with van der Waals surface area (Å²) in [6.45, 7) is 4.69. The van der Waals surface area contributed by atoms with Crippen molar-refractivity contribution < 1.29 is 38.2 Å². The van der Waals surface area contributed by atoms with E-state index in [1.165, 1.54) is 13.8 Å². The molecule has 41 heavy (non-hydrogen) atoms. The van der Waals surface area contributed by atoms with E-state index >= 15 is 0 Å². The molecule has 4 atom stereocenters. The fraction of sp³-hybridized carbons (Fsp3) is 0.414. The van der Waals surface area contributed by atoms with Crippen LogP contribution >= 0.6 is 0 Å². The lowest BCUT2D eigenvalue weighted by Crippen LogP contribution is -2.57. The van der Waals surface area contributed by atoms with Crippen LogP contribution in [0.15, 0.2) is 60.7 Å². The molecule has 0 aliphatic heterocycles. The first-order valence-corrected chi connectivity index (χ1v) is 13.2. The molecule has 2 aromatic carbocycles. The molecule has 0 fully saturated rings. The second kappa shape index (κ2) is 17.4. The van der Waals surface area contributed by atoms with Gasteiger partial charge in [-0.15, -0.1) is 0 Å². The van der Waals surface area contributed by atoms with Crippen LogP contribution < -0.4 is 21.7 Å². The summed E-state index contributed by atoms with van der Waals surface area (Å²) >= 11 is 0. The number of hydrogen-bond acceptors (Lipinski definition) is 9. The highest BCUT2D eigenvalue weighted by Crippen LogP contribution is 2.05. The van der Waals surface area contributed by atoms with Crippen LogP contribution in [-0.4, -0.2) is 67.0 Å². The molecular formula is C29H38N4O8. The summed E-state index contributed by atoms with van der Waals surface area (Å²) in [5.74, 6) is -3.63. The normalized spacial score (nSPS) is 13.6. The molecule has 0 spiro atoms. The second-order valence-corrected chi connectivity index (χ2v) is 9.23. The maximum atomic E-state index is 12.9. The van der Waals surface area contributed by atoms with Crippen LogP contribution in [0.3, 0.4) is 0 Å². The standard InChI is InChI=1S/C29H38N4O8/c1-4-40-29(38)20(3)32-28(37)24(15-25(34)41-17-22-13-9-6-10-14-22)33-26(35)19(2)31-27(36)23(30)18-39-16-21-11-7-5-8-12-21/h5-14,19-20,23-24H,4,15-18,30H2,1-3H3,(H,31,36)(H,32,37)(H,33,35)/t19-,20-,23-,24-/m0/s1. The predicted octanol–water partition coefficient (Wildman–Crippen LogP) is 0.721. The number of nitrogens with one attached hydrogen (secondary N) is 3. The SMILES string of the molecule is CCOC(=O)[C@H](C)NC(=O)[C@H](CC(=O)OCc1ccccc1)NC(=O)[C@H](C)NC(=O)[C@@H](N)COCc1ccccc1. The number of esters is 2. The van der Waals surface area contributed by atoms with Gasteiger partial charge in [-0.2, -0.15) is 0 Å². The van der Waals surface area contributed by atoms with Gasteiger partial charge in [-0.25, -0.2) is 4.79 Å². The van der Waals surface area contributed by atoms with Crippen molar-refractivity contribution >= 4 is 29.7 Å². The van der Waals surface area contributed by atoms with Gasteiger partial charge in [-0.1, -0.05) is 60.7 Å². The minimum absolute atomic E-state index is 0.0299. The molecule has 0 aliphatic rings. The van der Waals surface area contributed by atoms with Crippen LogP contribution in [0.2, 0.25) is 0 Å². The first-order valence-electron chi connectivity index (χ1n) is 13.2. The van der Waals surface area contributed by atoms with E-state index in [2.05, 4.69) is 16.0 Å². The quantitative estimate of drug-likeness (QED) is 0.212. The van der Waals surface area contributed by atoms with Gasteiger partial charge in [0, 0.05) is 0 Å². The van der Waals surface area contributed by atoms with E-state index in [0.29, 0.717) is 0 Å². The Hall–Kier alpha value is -4.29. The molecular weight excluding hydrogens is 532 g/mol. The van der Waals surface area contributed by atoms with Crippen molar-refractivity contribution in [2.45, 2.75) is 64.6 Å². The Morgan fingerprint density at radius 1 is 0.732 bits per heavy atom. The van der Waals surface area contributed by atoms with Crippen molar-refractivity contribution in [1.29, 1.82) is 0 Å². The molecule has 2 aromatic rings. The van der Waals surface area contributed by atoms with Gasteiger partial charge in [-0.3, -0.25) is 19.2 Å². The van der Waals surface area contributed by atoms with E-state index in [-0.39, 0.29) is 26.4 Å². The molecule has 0 aromatic heterocycles. The molecule has 0 radical (unpaired) electrons. The molecule has 0 unspecified atom stereocenters. The average Bonchev–Trinajstić information content (AvgIpc) is 2.96. The smallest absolute Gasteiger partial charge is 0.328 e. The molecule has 2 rings (SSSR count). The number of rotatable bonds is 16. The third-order valence-electron chi connectivity index (χ3n) is 5.74. The zero-order chi connectivity index (χ0) is 30.2. The number of nitrogens with two attached hydrogens (primary N) is 1. The van der Waals surface area contributed by atoms with Gasteiger partial charge < -0.3 is 35.9 Å². The minimum Gasteiger partial charge on any atom is -0.464 e. The summed E-state index contributed by atoms with van der Waals surface area (Å²) < 4.78 is 15.6. The molecule has 0 bridgehead atoms. The van der Waals surface area contributed by atoms with E-state index in [9.17, 15) is 24.0 Å². The van der Waals surface area contributed by atoms with Crippen molar-refractivity contribution in [3.05, 3.63) is 71.8 Å². The molecule has 222 valence electrons. The highest BCUT2D eigenvalue weighted by atomic mass is 16.5. The fourth-order valence-electron chi connectivity index (χ4n) is 3.45. The van der Waals surface area contributed by atoms with Gasteiger partial charge in [-0.05, 0) is 31.9 Å². The van der Waals surface area contributed by atoms with Crippen molar-refractivity contribution in [3.63, 3.8) is 0 Å². The maximum Gasteiger partial charge on any atom is 0.328 e. The number of amides is 3. The van der Waals surface area contributed by atoms with Crippen molar-refractivity contribution in [1.82, 2.24) is 16.0 Å². The summed E-state index contributed by atoms with van der Waals surface area (Å²) in [7, 11) is 0. The van der Waals surface area contributed by atoms with E-state index in [1.54, 1.807) is 31.2 Å². The molecule has 0 heterocycles. The highest BCUT2D eigenvalue weighted by molar-refractivity contribution is 5.95. The van der Waals surface area contributed by atoms with Gasteiger partial charge in [0.1, 0.15) is 30.8 Å². The molecule has 0 aliphatic carbocycles. The zero-order valence-electron chi connectivity index (χ0n) is 23.5. The van der Waals surface area contributed by atoms with E-state index in [0.717, 1.165) is 11.1 Å². The van der Waals surface area contributed by atoms with Gasteiger partial charge >= 0.3 is 11.9 Å². The second-order valence-electron chi connectivity index (χ2n) is 9.23. The Morgan fingerprint density at radius 2 is 1.29 bits per heavy atom. The van der Waals surface area contributed by atoms with Gasteiger partial charge in [0.15, 0.2) is 0 Å². The van der Waals surface area contributed by atoms with E-state index < -0.39 is 60.2 Å². The lowest BCUT2D eigenvalue weighted by molar-refractivity contribution is -0.148. The largest absolute Gasteiger partial charge is 0.464 e. The Kier molecular flexibility index (Phi) is 14.0. The lowest BCUT2D eigenvalue weighted by atomic mass is 10.1. The zero-order valence-corrected chi connectivity index (χ0v) is 23.5. The number of ether oxygens (including phenoxy) is 3. The predicted molar refractivity (Wildman–Crippen MR) is 149 cm³/mol. The average molecular weight is 571 g/mol. The minimum atomic E-state index is -1.40. The van der Waals surface area contributed by atoms with Gasteiger partial charge in [0.25, 0.3) is 0 Å². The monoisotopic (exact) mass is 570 g/mol. The van der Waals surface area contributed by atoms with Gasteiger partial charge in [0.05, 0.1) is 26.2 Å². The summed E-state index contributed by atoms with van der Waals surface area (Å²) in [5.41, 5.74) is 7.55.